The Labute approximate surface area is 260 Å². The minimum atomic E-state index is -3.79. The molecule has 4 amide bonds. The Morgan fingerprint density at radius 3 is 2.05 bits per heavy atom. The van der Waals surface area contributed by atoms with Gasteiger partial charge in [-0.25, -0.2) is 35.9 Å². The van der Waals surface area contributed by atoms with Crippen molar-refractivity contribution in [3.8, 4) is 0 Å². The monoisotopic (exact) mass is 642 g/mol. The zero-order valence-electron chi connectivity index (χ0n) is 25.6. The van der Waals surface area contributed by atoms with Crippen LogP contribution in [0.4, 0.5) is 21.0 Å². The van der Waals surface area contributed by atoms with E-state index in [1.807, 2.05) is 0 Å². The fourth-order valence-electron chi connectivity index (χ4n) is 7.83. The van der Waals surface area contributed by atoms with Gasteiger partial charge in [0.05, 0.1) is 11.0 Å². The van der Waals surface area contributed by atoms with E-state index in [4.69, 9.17) is 0 Å². The molecule has 6 rings (SSSR count). The van der Waals surface area contributed by atoms with Gasteiger partial charge in [-0.05, 0) is 141 Å². The number of aryl methyl sites for hydroxylation is 3. The molecule has 0 radical (unpaired) electrons. The van der Waals surface area contributed by atoms with Crippen LogP contribution in [0.2, 0.25) is 0 Å². The Bertz CT molecular complexity index is 1750. The van der Waals surface area contributed by atoms with E-state index in [0.29, 0.717) is 6.42 Å². The van der Waals surface area contributed by atoms with Crippen molar-refractivity contribution in [2.75, 3.05) is 16.4 Å². The van der Waals surface area contributed by atoms with Gasteiger partial charge in [0.25, 0.3) is 0 Å². The molecule has 0 fully saturated rings. The molecule has 0 aromatic heterocycles. The maximum absolute atomic E-state index is 13.0. The lowest BCUT2D eigenvalue weighted by Gasteiger charge is -2.26. The first-order chi connectivity index (χ1) is 20.9. The van der Waals surface area contributed by atoms with Crippen molar-refractivity contribution in [1.82, 2.24) is 9.44 Å². The summed E-state index contributed by atoms with van der Waals surface area (Å²) in [7, 11) is -7.50. The minimum Gasteiger partial charge on any atom is -0.307 e. The maximum Gasteiger partial charge on any atom is 0.332 e. The predicted octanol–water partition coefficient (Wildman–Crippen LogP) is 5.14. The lowest BCUT2D eigenvalue weighted by atomic mass is 9.81. The molecule has 238 valence electrons. The van der Waals surface area contributed by atoms with E-state index < -0.39 is 37.4 Å². The molecule has 4 aliphatic rings. The van der Waals surface area contributed by atoms with Crippen LogP contribution in [0.15, 0.2) is 12.1 Å². The van der Waals surface area contributed by atoms with Crippen molar-refractivity contribution in [3.63, 3.8) is 0 Å². The van der Waals surface area contributed by atoms with Crippen molar-refractivity contribution < 1.29 is 26.4 Å². The van der Waals surface area contributed by atoms with E-state index >= 15 is 0 Å². The standard InChI is InChI=1S/C32H42N4O6S2/c1-4-18(3)44(41,42)36-32(38)33-29-22-10-7-9-20(22)17-27-24(14-15-26(27)29)25-13-12-21-16-19-8-6-11-23(19)30(28(21)25)34-31(37)35-43(39,40)5-2/h16-18,24-25H,4-15H2,1-3H3,(H2,33,36,38)(H2,34,35,37). The van der Waals surface area contributed by atoms with Gasteiger partial charge in [-0.2, -0.15) is 0 Å². The van der Waals surface area contributed by atoms with Crippen LogP contribution in [-0.4, -0.2) is 39.9 Å². The average molecular weight is 643 g/mol. The third kappa shape index (κ3) is 5.59. The number of sulfonamides is 2. The summed E-state index contributed by atoms with van der Waals surface area (Å²) in [4.78, 5) is 26.0. The van der Waals surface area contributed by atoms with Gasteiger partial charge in [-0.1, -0.05) is 19.1 Å². The molecule has 0 saturated carbocycles. The molecular formula is C32H42N4O6S2. The first-order valence-electron chi connectivity index (χ1n) is 15.9. The first kappa shape index (κ1) is 30.9. The van der Waals surface area contributed by atoms with E-state index in [1.54, 1.807) is 13.8 Å². The van der Waals surface area contributed by atoms with Crippen LogP contribution in [0.1, 0.15) is 109 Å². The van der Waals surface area contributed by atoms with Crippen LogP contribution in [0.5, 0.6) is 0 Å². The van der Waals surface area contributed by atoms with E-state index in [2.05, 4.69) is 32.2 Å². The number of benzene rings is 2. The van der Waals surface area contributed by atoms with Crippen molar-refractivity contribution in [1.29, 1.82) is 0 Å². The van der Waals surface area contributed by atoms with Gasteiger partial charge in [0, 0.05) is 11.4 Å². The van der Waals surface area contributed by atoms with Crippen LogP contribution < -0.4 is 20.1 Å². The average Bonchev–Trinajstić information content (AvgIpc) is 3.77. The Morgan fingerprint density at radius 1 is 0.750 bits per heavy atom. The molecule has 0 heterocycles. The van der Waals surface area contributed by atoms with E-state index in [0.717, 1.165) is 97.8 Å². The molecule has 3 atom stereocenters. The molecule has 0 saturated heterocycles. The summed E-state index contributed by atoms with van der Waals surface area (Å²) in [5.41, 5.74) is 10.7. The van der Waals surface area contributed by atoms with Crippen LogP contribution in [-0.2, 0) is 58.6 Å². The van der Waals surface area contributed by atoms with Gasteiger partial charge in [0.1, 0.15) is 0 Å². The Morgan fingerprint density at radius 2 is 1.36 bits per heavy atom. The molecular weight excluding hydrogens is 601 g/mol. The van der Waals surface area contributed by atoms with Crippen LogP contribution in [0.3, 0.4) is 0 Å². The fourth-order valence-corrected chi connectivity index (χ4v) is 9.26. The second-order valence-electron chi connectivity index (χ2n) is 12.7. The zero-order valence-corrected chi connectivity index (χ0v) is 27.3. The highest BCUT2D eigenvalue weighted by Crippen LogP contribution is 2.55. The maximum atomic E-state index is 13.0. The topological polar surface area (TPSA) is 151 Å². The normalized spacial score (nSPS) is 20.8. The Balaban J connectivity index is 1.35. The van der Waals surface area contributed by atoms with Crippen LogP contribution in [0, 0.1) is 0 Å². The summed E-state index contributed by atoms with van der Waals surface area (Å²) in [5.74, 6) is 0.101. The van der Waals surface area contributed by atoms with Gasteiger partial charge in [0.15, 0.2) is 0 Å². The SMILES string of the molecule is CCC(C)S(=O)(=O)NC(=O)Nc1c2c(cc3c1CCC3C1CCc3cc4c(c(NC(=O)NS(=O)(=O)CC)c31)CCC4)CCC2. The Hall–Kier alpha value is -3.12. The van der Waals surface area contributed by atoms with E-state index in [9.17, 15) is 26.4 Å². The van der Waals surface area contributed by atoms with Gasteiger partial charge in [0.2, 0.25) is 20.0 Å². The molecule has 10 nitrogen and oxygen atoms in total. The molecule has 44 heavy (non-hydrogen) atoms. The molecule has 0 aliphatic heterocycles. The lowest BCUT2D eigenvalue weighted by Crippen LogP contribution is -2.39. The number of carbonyl (C=O) groups is 2. The highest BCUT2D eigenvalue weighted by molar-refractivity contribution is 7.90. The highest BCUT2D eigenvalue weighted by atomic mass is 32.2. The number of hydrogen-bond donors (Lipinski definition) is 4. The van der Waals surface area contributed by atoms with Gasteiger partial charge < -0.3 is 10.6 Å². The number of hydrogen-bond acceptors (Lipinski definition) is 6. The number of amides is 4. The number of anilines is 2. The van der Waals surface area contributed by atoms with Crippen LogP contribution >= 0.6 is 0 Å². The molecule has 4 aliphatic carbocycles. The molecule has 4 N–H and O–H groups in total. The van der Waals surface area contributed by atoms with Crippen molar-refractivity contribution in [2.45, 2.75) is 108 Å². The van der Waals surface area contributed by atoms with Crippen LogP contribution in [0.25, 0.3) is 0 Å². The third-order valence-electron chi connectivity index (χ3n) is 10.2. The second kappa shape index (κ2) is 11.7. The number of urea groups is 2. The van der Waals surface area contributed by atoms with E-state index in [-0.39, 0.29) is 17.6 Å². The van der Waals surface area contributed by atoms with Crippen molar-refractivity contribution >= 4 is 43.5 Å². The molecule has 0 spiro atoms. The number of carbonyl (C=O) groups excluding carboxylic acids is 2. The number of rotatable bonds is 8. The predicted molar refractivity (Wildman–Crippen MR) is 172 cm³/mol. The van der Waals surface area contributed by atoms with Gasteiger partial charge >= 0.3 is 12.1 Å². The summed E-state index contributed by atoms with van der Waals surface area (Å²) in [6.07, 6.45) is 9.33. The summed E-state index contributed by atoms with van der Waals surface area (Å²) >= 11 is 0. The van der Waals surface area contributed by atoms with Gasteiger partial charge in [-0.15, -0.1) is 0 Å². The third-order valence-corrected chi connectivity index (χ3v) is 13.3. The van der Waals surface area contributed by atoms with Crippen molar-refractivity contribution in [3.05, 3.63) is 56.6 Å². The number of fused-ring (bicyclic) bond motifs is 4. The summed E-state index contributed by atoms with van der Waals surface area (Å²) in [5, 5.41) is 5.25. The molecule has 2 aromatic carbocycles. The highest BCUT2D eigenvalue weighted by Gasteiger charge is 2.40. The molecule has 3 unspecified atom stereocenters. The minimum absolute atomic E-state index is 0.127. The summed E-state index contributed by atoms with van der Waals surface area (Å²) < 4.78 is 53.9. The lowest BCUT2D eigenvalue weighted by molar-refractivity contribution is 0.255. The number of nitrogens with one attached hydrogen (secondary N) is 4. The summed E-state index contributed by atoms with van der Waals surface area (Å²) in [6.45, 7) is 4.85. The first-order valence-corrected chi connectivity index (χ1v) is 19.1. The van der Waals surface area contributed by atoms with Gasteiger partial charge in [-0.3, -0.25) is 0 Å². The largest absolute Gasteiger partial charge is 0.332 e. The molecule has 2 aromatic rings. The molecule has 12 heteroatoms. The quantitative estimate of drug-likeness (QED) is 0.313. The summed E-state index contributed by atoms with van der Waals surface area (Å²) in [6, 6.07) is 3.14. The van der Waals surface area contributed by atoms with E-state index in [1.165, 1.54) is 29.2 Å². The van der Waals surface area contributed by atoms with Crippen molar-refractivity contribution in [2.24, 2.45) is 0 Å². The smallest absolute Gasteiger partial charge is 0.307 e. The zero-order chi connectivity index (χ0) is 31.4. The Kier molecular flexibility index (Phi) is 8.19. The molecule has 0 bridgehead atoms. The fraction of sp³-hybridized carbons (Fsp3) is 0.562. The second-order valence-corrected chi connectivity index (χ2v) is 16.8.